The molecule has 5 rings (SSSR count). The minimum absolute atomic E-state index is 0.126. The van der Waals surface area contributed by atoms with Crippen molar-refractivity contribution < 1.29 is 28.2 Å². The Morgan fingerprint density at radius 1 is 1.36 bits per heavy atom. The number of carboxylic acids is 1. The SMILES string of the molecule is COCC(C)(C)c1c([C@@H]2CO[C@@](C)(C(=O)O)C2)c2c(F)c3[nH]ncc3cc2n1-c1ccc(F)c(C)c1. The summed E-state index contributed by atoms with van der Waals surface area (Å²) < 4.78 is 43.8. The average molecular weight is 498 g/mol. The number of ether oxygens (including phenoxy) is 2. The summed E-state index contributed by atoms with van der Waals surface area (Å²) in [5.74, 6) is -2.25. The van der Waals surface area contributed by atoms with Crippen molar-refractivity contribution in [3.63, 3.8) is 0 Å². The van der Waals surface area contributed by atoms with Crippen LogP contribution >= 0.6 is 0 Å². The zero-order chi connectivity index (χ0) is 26.0. The number of methoxy groups -OCH3 is 1. The predicted octanol–water partition coefficient (Wildman–Crippen LogP) is 5.36. The first-order valence-corrected chi connectivity index (χ1v) is 11.8. The highest BCUT2D eigenvalue weighted by Crippen LogP contribution is 2.48. The van der Waals surface area contributed by atoms with Gasteiger partial charge in [0.25, 0.3) is 0 Å². The fourth-order valence-electron chi connectivity index (χ4n) is 5.57. The van der Waals surface area contributed by atoms with Gasteiger partial charge in [0.15, 0.2) is 11.4 Å². The summed E-state index contributed by atoms with van der Waals surface area (Å²) in [5.41, 5.74) is 1.43. The lowest BCUT2D eigenvalue weighted by molar-refractivity contribution is -0.157. The largest absolute Gasteiger partial charge is 0.479 e. The van der Waals surface area contributed by atoms with Crippen molar-refractivity contribution >= 4 is 27.8 Å². The zero-order valence-corrected chi connectivity index (χ0v) is 20.9. The van der Waals surface area contributed by atoms with Gasteiger partial charge in [-0.3, -0.25) is 5.10 Å². The number of nitrogens with one attached hydrogen (secondary N) is 1. The molecule has 0 unspecified atom stereocenters. The summed E-state index contributed by atoms with van der Waals surface area (Å²) in [4.78, 5) is 12.0. The zero-order valence-electron chi connectivity index (χ0n) is 20.9. The van der Waals surface area contributed by atoms with Gasteiger partial charge in [0, 0.05) is 40.6 Å². The van der Waals surface area contributed by atoms with Crippen LogP contribution in [0.5, 0.6) is 0 Å². The second-order valence-corrected chi connectivity index (χ2v) is 10.5. The number of halogens is 2. The normalized spacial score (nSPS) is 20.6. The highest BCUT2D eigenvalue weighted by molar-refractivity contribution is 6.00. The first kappa shape index (κ1) is 24.4. The Balaban J connectivity index is 1.93. The molecule has 2 aromatic heterocycles. The van der Waals surface area contributed by atoms with Gasteiger partial charge in [0.1, 0.15) is 11.3 Å². The minimum Gasteiger partial charge on any atom is -0.479 e. The number of benzene rings is 2. The summed E-state index contributed by atoms with van der Waals surface area (Å²) in [7, 11) is 1.60. The van der Waals surface area contributed by atoms with Crippen molar-refractivity contribution in [2.24, 2.45) is 0 Å². The van der Waals surface area contributed by atoms with E-state index in [0.717, 1.165) is 5.69 Å². The second kappa shape index (κ2) is 8.38. The van der Waals surface area contributed by atoms with Crippen LogP contribution in [0.4, 0.5) is 8.78 Å². The molecule has 4 aromatic rings. The topological polar surface area (TPSA) is 89.4 Å². The van der Waals surface area contributed by atoms with E-state index in [1.54, 1.807) is 39.3 Å². The smallest absolute Gasteiger partial charge is 0.335 e. The standard InChI is InChI=1S/C27H29F2N3O4/c1-14-8-17(6-7-18(14)28)32-19-9-15-11-30-31-23(15)22(29)21(19)20(24(32)26(2,3)13-35-5)16-10-27(4,25(33)34)36-12-16/h6-9,11,16H,10,12-13H2,1-5H3,(H,30,31)(H,33,34)/t16-,27+/m0/s1. The number of hydrogen-bond donors (Lipinski definition) is 2. The first-order chi connectivity index (χ1) is 17.0. The molecule has 9 heteroatoms. The van der Waals surface area contributed by atoms with Crippen LogP contribution in [0.3, 0.4) is 0 Å². The molecule has 0 spiro atoms. The number of carbonyl (C=O) groups is 1. The van der Waals surface area contributed by atoms with Gasteiger partial charge in [-0.05, 0) is 55.7 Å². The van der Waals surface area contributed by atoms with E-state index >= 15 is 4.39 Å². The molecular weight excluding hydrogens is 468 g/mol. The van der Waals surface area contributed by atoms with Gasteiger partial charge in [-0.2, -0.15) is 5.10 Å². The number of rotatable bonds is 6. The van der Waals surface area contributed by atoms with Crippen molar-refractivity contribution in [1.82, 2.24) is 14.8 Å². The van der Waals surface area contributed by atoms with Crippen LogP contribution in [0.15, 0.2) is 30.5 Å². The lowest BCUT2D eigenvalue weighted by Crippen LogP contribution is -2.34. The maximum Gasteiger partial charge on any atom is 0.335 e. The van der Waals surface area contributed by atoms with Gasteiger partial charge in [0.2, 0.25) is 0 Å². The fourth-order valence-corrected chi connectivity index (χ4v) is 5.57. The molecule has 1 fully saturated rings. The van der Waals surface area contributed by atoms with Crippen LogP contribution in [0.1, 0.15) is 49.9 Å². The summed E-state index contributed by atoms with van der Waals surface area (Å²) in [6, 6.07) is 6.66. The summed E-state index contributed by atoms with van der Waals surface area (Å²) >= 11 is 0. The van der Waals surface area contributed by atoms with Crippen LogP contribution in [0, 0.1) is 18.6 Å². The number of H-pyrrole nitrogens is 1. The summed E-state index contributed by atoms with van der Waals surface area (Å²) in [6.45, 7) is 7.67. The highest BCUT2D eigenvalue weighted by atomic mass is 19.1. The molecule has 2 N–H and O–H groups in total. The number of aromatic amines is 1. The number of aromatic nitrogens is 3. The molecule has 1 saturated heterocycles. The maximum absolute atomic E-state index is 16.3. The van der Waals surface area contributed by atoms with Gasteiger partial charge in [-0.1, -0.05) is 13.8 Å². The summed E-state index contributed by atoms with van der Waals surface area (Å²) in [6.07, 6.45) is 1.74. The van der Waals surface area contributed by atoms with Crippen LogP contribution in [-0.2, 0) is 19.7 Å². The van der Waals surface area contributed by atoms with Crippen LogP contribution in [-0.4, -0.2) is 51.8 Å². The van der Waals surface area contributed by atoms with Gasteiger partial charge in [-0.25, -0.2) is 13.6 Å². The van der Waals surface area contributed by atoms with E-state index in [1.165, 1.54) is 6.07 Å². The third-order valence-electron chi connectivity index (χ3n) is 7.29. The van der Waals surface area contributed by atoms with Crippen molar-refractivity contribution in [2.75, 3.05) is 20.3 Å². The van der Waals surface area contributed by atoms with Crippen molar-refractivity contribution in [2.45, 2.75) is 51.0 Å². The number of carboxylic acid groups (broad SMARTS) is 1. The Bertz CT molecular complexity index is 1510. The Morgan fingerprint density at radius 2 is 2.11 bits per heavy atom. The number of fused-ring (bicyclic) bond motifs is 2. The molecule has 2 atom stereocenters. The van der Waals surface area contributed by atoms with Crippen molar-refractivity contribution in [3.05, 3.63) is 58.9 Å². The molecule has 2 aromatic carbocycles. The van der Waals surface area contributed by atoms with Crippen LogP contribution in [0.2, 0.25) is 0 Å². The molecule has 7 nitrogen and oxygen atoms in total. The van der Waals surface area contributed by atoms with Crippen molar-refractivity contribution in [3.8, 4) is 5.69 Å². The molecule has 190 valence electrons. The Hall–Kier alpha value is -3.30. The minimum atomic E-state index is -1.39. The van der Waals surface area contributed by atoms with E-state index in [-0.39, 0.29) is 24.4 Å². The number of aliphatic carboxylic acids is 1. The summed E-state index contributed by atoms with van der Waals surface area (Å²) in [5, 5.41) is 17.5. The molecule has 0 bridgehead atoms. The average Bonchev–Trinajstić information content (AvgIpc) is 3.52. The molecule has 0 saturated carbocycles. The van der Waals surface area contributed by atoms with Gasteiger partial charge < -0.3 is 19.1 Å². The van der Waals surface area contributed by atoms with E-state index in [9.17, 15) is 14.3 Å². The molecule has 36 heavy (non-hydrogen) atoms. The van der Waals surface area contributed by atoms with Crippen LogP contribution < -0.4 is 0 Å². The second-order valence-electron chi connectivity index (χ2n) is 10.5. The van der Waals surface area contributed by atoms with E-state index in [1.807, 2.05) is 24.5 Å². The van der Waals surface area contributed by atoms with E-state index in [4.69, 9.17) is 9.47 Å². The lowest BCUT2D eigenvalue weighted by atomic mass is 9.80. The molecule has 0 radical (unpaired) electrons. The molecule has 0 aliphatic carbocycles. The van der Waals surface area contributed by atoms with E-state index < -0.39 is 28.7 Å². The molecule has 3 heterocycles. The van der Waals surface area contributed by atoms with Gasteiger partial charge in [0.05, 0.1) is 24.9 Å². The Kier molecular flexibility index (Phi) is 5.68. The van der Waals surface area contributed by atoms with Crippen LogP contribution in [0.25, 0.3) is 27.5 Å². The monoisotopic (exact) mass is 497 g/mol. The molecular formula is C27H29F2N3O4. The number of nitrogens with zero attached hydrogens (tertiary/aromatic N) is 2. The predicted molar refractivity (Wildman–Crippen MR) is 132 cm³/mol. The van der Waals surface area contributed by atoms with Gasteiger partial charge >= 0.3 is 5.97 Å². The Morgan fingerprint density at radius 3 is 2.75 bits per heavy atom. The van der Waals surface area contributed by atoms with E-state index in [2.05, 4.69) is 10.2 Å². The first-order valence-electron chi connectivity index (χ1n) is 11.8. The highest BCUT2D eigenvalue weighted by Gasteiger charge is 2.46. The van der Waals surface area contributed by atoms with Crippen molar-refractivity contribution in [1.29, 1.82) is 0 Å². The number of aryl methyl sites for hydroxylation is 1. The lowest BCUT2D eigenvalue weighted by Gasteiger charge is -2.29. The fraction of sp³-hybridized carbons (Fsp3) is 0.407. The third kappa shape index (κ3) is 3.60. The maximum atomic E-state index is 16.3. The Labute approximate surface area is 207 Å². The number of hydrogen-bond acceptors (Lipinski definition) is 4. The molecule has 0 amide bonds. The third-order valence-corrected chi connectivity index (χ3v) is 7.29. The quantitative estimate of drug-likeness (QED) is 0.374. The molecule has 1 aliphatic heterocycles. The van der Waals surface area contributed by atoms with Gasteiger partial charge in [-0.15, -0.1) is 0 Å². The van der Waals surface area contributed by atoms with E-state index in [0.29, 0.717) is 39.7 Å². The molecule has 1 aliphatic rings.